The molecular weight excluding hydrogens is 466 g/mol. The number of carbonyl (C=O) groups is 2. The van der Waals surface area contributed by atoms with Gasteiger partial charge in [-0.15, -0.1) is 0 Å². The van der Waals surface area contributed by atoms with E-state index in [-0.39, 0.29) is 11.8 Å². The Labute approximate surface area is 210 Å². The van der Waals surface area contributed by atoms with Gasteiger partial charge in [0.15, 0.2) is 0 Å². The molecule has 0 unspecified atom stereocenters. The smallest absolute Gasteiger partial charge is 0.259 e. The molecule has 0 atom stereocenters. The first kappa shape index (κ1) is 24.4. The Kier molecular flexibility index (Phi) is 7.46. The molecule has 1 fully saturated rings. The van der Waals surface area contributed by atoms with E-state index < -0.39 is 0 Å². The van der Waals surface area contributed by atoms with Crippen molar-refractivity contribution in [3.05, 3.63) is 82.4 Å². The van der Waals surface area contributed by atoms with Crippen molar-refractivity contribution < 1.29 is 19.1 Å². The van der Waals surface area contributed by atoms with Crippen LogP contribution in [-0.2, 0) is 0 Å². The molecule has 0 bridgehead atoms. The molecule has 35 heavy (non-hydrogen) atoms. The number of carbonyl (C=O) groups excluding carboxylic acids is 2. The van der Waals surface area contributed by atoms with Crippen molar-refractivity contribution in [1.82, 2.24) is 4.90 Å². The number of ether oxygens (including phenoxy) is 2. The zero-order valence-corrected chi connectivity index (χ0v) is 20.8. The number of nitrogens with zero attached hydrogens (tertiary/aromatic N) is 2. The van der Waals surface area contributed by atoms with Crippen molar-refractivity contribution in [3.63, 3.8) is 0 Å². The fourth-order valence-corrected chi connectivity index (χ4v) is 4.42. The summed E-state index contributed by atoms with van der Waals surface area (Å²) in [4.78, 5) is 30.0. The highest BCUT2D eigenvalue weighted by molar-refractivity contribution is 6.34. The molecule has 1 aliphatic heterocycles. The van der Waals surface area contributed by atoms with Crippen LogP contribution in [0.3, 0.4) is 0 Å². The number of amides is 2. The van der Waals surface area contributed by atoms with E-state index in [1.807, 2.05) is 42.2 Å². The Morgan fingerprint density at radius 1 is 0.914 bits per heavy atom. The van der Waals surface area contributed by atoms with Gasteiger partial charge in [0.1, 0.15) is 11.5 Å². The second-order valence-corrected chi connectivity index (χ2v) is 8.71. The van der Waals surface area contributed by atoms with Gasteiger partial charge in [0, 0.05) is 37.8 Å². The second kappa shape index (κ2) is 10.7. The molecule has 3 aromatic rings. The van der Waals surface area contributed by atoms with Gasteiger partial charge in [-0.25, -0.2) is 0 Å². The summed E-state index contributed by atoms with van der Waals surface area (Å²) in [6.07, 6.45) is 0. The minimum atomic E-state index is -0.318. The molecule has 182 valence electrons. The molecule has 1 N–H and O–H groups in total. The van der Waals surface area contributed by atoms with Crippen LogP contribution in [0.2, 0.25) is 5.02 Å². The summed E-state index contributed by atoms with van der Waals surface area (Å²) in [6, 6.07) is 18.1. The predicted octanol–water partition coefficient (Wildman–Crippen LogP) is 4.88. The Morgan fingerprint density at radius 3 is 2.29 bits per heavy atom. The Balaban J connectivity index is 1.50. The van der Waals surface area contributed by atoms with E-state index in [9.17, 15) is 9.59 Å². The number of halogens is 1. The minimum absolute atomic E-state index is 0.0175. The van der Waals surface area contributed by atoms with Gasteiger partial charge >= 0.3 is 0 Å². The zero-order valence-electron chi connectivity index (χ0n) is 20.0. The molecule has 0 aliphatic carbocycles. The predicted molar refractivity (Wildman–Crippen MR) is 138 cm³/mol. The first-order valence-electron chi connectivity index (χ1n) is 11.3. The maximum atomic E-state index is 13.1. The maximum Gasteiger partial charge on any atom is 0.259 e. The molecule has 3 aromatic carbocycles. The van der Waals surface area contributed by atoms with Gasteiger partial charge < -0.3 is 24.6 Å². The quantitative estimate of drug-likeness (QED) is 0.530. The molecule has 1 saturated heterocycles. The number of hydrogen-bond donors (Lipinski definition) is 1. The lowest BCUT2D eigenvalue weighted by Gasteiger charge is -2.37. The SMILES string of the molecule is COc1ccc(C(=O)Nc2cccc(Cl)c2N2CCN(C(=O)c3ccc(C)cc3)CC2)c(OC)c1. The van der Waals surface area contributed by atoms with Crippen molar-refractivity contribution in [1.29, 1.82) is 0 Å². The number of aryl methyl sites for hydroxylation is 1. The average molecular weight is 494 g/mol. The second-order valence-electron chi connectivity index (χ2n) is 8.30. The minimum Gasteiger partial charge on any atom is -0.497 e. The van der Waals surface area contributed by atoms with Gasteiger partial charge in [-0.1, -0.05) is 35.4 Å². The summed E-state index contributed by atoms with van der Waals surface area (Å²) >= 11 is 6.59. The summed E-state index contributed by atoms with van der Waals surface area (Å²) in [5.74, 6) is 0.707. The average Bonchev–Trinajstić information content (AvgIpc) is 2.88. The van der Waals surface area contributed by atoms with Crippen LogP contribution in [0.5, 0.6) is 11.5 Å². The maximum absolute atomic E-state index is 13.1. The van der Waals surface area contributed by atoms with Crippen molar-refractivity contribution in [2.24, 2.45) is 0 Å². The van der Waals surface area contributed by atoms with Crippen molar-refractivity contribution >= 4 is 34.8 Å². The van der Waals surface area contributed by atoms with Crippen LogP contribution in [0.1, 0.15) is 26.3 Å². The highest BCUT2D eigenvalue weighted by Crippen LogP contribution is 2.35. The highest BCUT2D eigenvalue weighted by atomic mass is 35.5. The molecule has 4 rings (SSSR count). The van der Waals surface area contributed by atoms with Crippen molar-refractivity contribution in [3.8, 4) is 11.5 Å². The third kappa shape index (κ3) is 5.35. The fourth-order valence-electron chi connectivity index (χ4n) is 4.13. The topological polar surface area (TPSA) is 71.1 Å². The van der Waals surface area contributed by atoms with E-state index >= 15 is 0 Å². The van der Waals surface area contributed by atoms with Crippen LogP contribution in [0.25, 0.3) is 0 Å². The summed E-state index contributed by atoms with van der Waals surface area (Å²) in [5.41, 5.74) is 3.51. The van der Waals surface area contributed by atoms with Gasteiger partial charge in [-0.05, 0) is 43.3 Å². The highest BCUT2D eigenvalue weighted by Gasteiger charge is 2.26. The normalized spacial score (nSPS) is 13.4. The standard InChI is InChI=1S/C27H28ClN3O4/c1-18-7-9-19(10-8-18)27(33)31-15-13-30(14-16-31)25-22(28)5-4-6-23(25)29-26(32)21-12-11-20(34-2)17-24(21)35-3/h4-12,17H,13-16H2,1-3H3,(H,29,32). The van der Waals surface area contributed by atoms with Crippen LogP contribution < -0.4 is 19.7 Å². The molecular formula is C27H28ClN3O4. The van der Waals surface area contributed by atoms with Crippen LogP contribution in [0.15, 0.2) is 60.7 Å². The number of hydrogen-bond acceptors (Lipinski definition) is 5. The molecule has 1 aliphatic rings. The number of nitrogens with one attached hydrogen (secondary N) is 1. The van der Waals surface area contributed by atoms with E-state index in [1.54, 1.807) is 37.4 Å². The van der Waals surface area contributed by atoms with Gasteiger partial charge in [-0.3, -0.25) is 9.59 Å². The first-order chi connectivity index (χ1) is 16.9. The molecule has 1 heterocycles. The first-order valence-corrected chi connectivity index (χ1v) is 11.7. The molecule has 2 amide bonds. The Morgan fingerprint density at radius 2 is 1.63 bits per heavy atom. The summed E-state index contributed by atoms with van der Waals surface area (Å²) in [5, 5.41) is 3.51. The van der Waals surface area contributed by atoms with E-state index in [2.05, 4.69) is 10.2 Å². The molecule has 0 aromatic heterocycles. The lowest BCUT2D eigenvalue weighted by atomic mass is 10.1. The van der Waals surface area contributed by atoms with Crippen LogP contribution in [-0.4, -0.2) is 57.1 Å². The molecule has 0 spiro atoms. The lowest BCUT2D eigenvalue weighted by molar-refractivity contribution is 0.0746. The number of anilines is 2. The van der Waals surface area contributed by atoms with Crippen molar-refractivity contribution in [2.75, 3.05) is 50.6 Å². The summed E-state index contributed by atoms with van der Waals surface area (Å²) in [6.45, 7) is 4.29. The van der Waals surface area contributed by atoms with E-state index in [4.69, 9.17) is 21.1 Å². The monoisotopic (exact) mass is 493 g/mol. The molecule has 0 radical (unpaired) electrons. The number of piperazine rings is 1. The molecule has 0 saturated carbocycles. The fraction of sp³-hybridized carbons (Fsp3) is 0.259. The van der Waals surface area contributed by atoms with Gasteiger partial charge in [-0.2, -0.15) is 0 Å². The molecule has 8 heteroatoms. The van der Waals surface area contributed by atoms with Gasteiger partial charge in [0.25, 0.3) is 11.8 Å². The van der Waals surface area contributed by atoms with Gasteiger partial charge in [0.05, 0.1) is 36.2 Å². The number of methoxy groups -OCH3 is 2. The number of para-hydroxylation sites is 1. The van der Waals surface area contributed by atoms with E-state index in [1.165, 1.54) is 7.11 Å². The summed E-state index contributed by atoms with van der Waals surface area (Å²) in [7, 11) is 3.06. The van der Waals surface area contributed by atoms with E-state index in [0.717, 1.165) is 11.3 Å². The zero-order chi connectivity index (χ0) is 24.9. The largest absolute Gasteiger partial charge is 0.497 e. The Hall–Kier alpha value is -3.71. The summed E-state index contributed by atoms with van der Waals surface area (Å²) < 4.78 is 10.6. The van der Waals surface area contributed by atoms with E-state index in [0.29, 0.717) is 59.5 Å². The lowest BCUT2D eigenvalue weighted by Crippen LogP contribution is -2.49. The van der Waals surface area contributed by atoms with Gasteiger partial charge in [0.2, 0.25) is 0 Å². The third-order valence-corrected chi connectivity index (χ3v) is 6.37. The van der Waals surface area contributed by atoms with Crippen molar-refractivity contribution in [2.45, 2.75) is 6.92 Å². The van der Waals surface area contributed by atoms with Crippen LogP contribution in [0, 0.1) is 6.92 Å². The number of rotatable bonds is 6. The van der Waals surface area contributed by atoms with Crippen LogP contribution in [0.4, 0.5) is 11.4 Å². The number of benzene rings is 3. The van der Waals surface area contributed by atoms with Crippen LogP contribution >= 0.6 is 11.6 Å². The molecule has 7 nitrogen and oxygen atoms in total. The Bertz CT molecular complexity index is 1220. The third-order valence-electron chi connectivity index (χ3n) is 6.07.